The Morgan fingerprint density at radius 2 is 2.00 bits per heavy atom. The van der Waals surface area contributed by atoms with Gasteiger partial charge in [-0.25, -0.2) is 9.18 Å². The molecule has 1 aliphatic carbocycles. The Labute approximate surface area is 124 Å². The minimum absolute atomic E-state index is 0.122. The van der Waals surface area contributed by atoms with Crippen molar-refractivity contribution in [1.29, 1.82) is 0 Å². The number of imide groups is 1. The highest BCUT2D eigenvalue weighted by molar-refractivity contribution is 9.10. The Morgan fingerprint density at radius 1 is 1.30 bits per heavy atom. The molecule has 106 valence electrons. The van der Waals surface area contributed by atoms with Crippen molar-refractivity contribution in [2.75, 3.05) is 0 Å². The first-order valence-corrected chi connectivity index (χ1v) is 7.39. The summed E-state index contributed by atoms with van der Waals surface area (Å²) in [5.74, 6) is -0.614. The van der Waals surface area contributed by atoms with Crippen LogP contribution in [0.25, 0.3) is 0 Å². The van der Waals surface area contributed by atoms with Crippen molar-refractivity contribution in [2.45, 2.75) is 37.8 Å². The first-order chi connectivity index (χ1) is 9.53. The summed E-state index contributed by atoms with van der Waals surface area (Å²) in [5, 5.41) is 2.37. The zero-order chi connectivity index (χ0) is 14.3. The van der Waals surface area contributed by atoms with Crippen molar-refractivity contribution in [3.05, 3.63) is 34.1 Å². The molecule has 4 nitrogen and oxygen atoms in total. The average molecular weight is 341 g/mol. The van der Waals surface area contributed by atoms with Crippen LogP contribution in [0.5, 0.6) is 0 Å². The molecule has 1 aromatic rings. The number of urea groups is 1. The smallest absolute Gasteiger partial charge is 0.305 e. The van der Waals surface area contributed by atoms with E-state index in [2.05, 4.69) is 21.2 Å². The van der Waals surface area contributed by atoms with E-state index in [0.717, 1.165) is 12.8 Å². The molecule has 0 atom stereocenters. The monoisotopic (exact) mass is 340 g/mol. The van der Waals surface area contributed by atoms with E-state index in [1.807, 2.05) is 0 Å². The van der Waals surface area contributed by atoms with Gasteiger partial charge < -0.3 is 4.90 Å². The summed E-state index contributed by atoms with van der Waals surface area (Å²) in [5.41, 5.74) is -0.347. The van der Waals surface area contributed by atoms with Crippen LogP contribution in [0.1, 0.15) is 31.2 Å². The Kier molecular flexibility index (Phi) is 3.28. The second kappa shape index (κ2) is 4.84. The van der Waals surface area contributed by atoms with Gasteiger partial charge >= 0.3 is 6.03 Å². The maximum Gasteiger partial charge on any atom is 0.325 e. The molecule has 2 aliphatic rings. The molecular formula is C14H14BrFN2O2. The van der Waals surface area contributed by atoms with E-state index in [9.17, 15) is 14.0 Å². The molecule has 0 aromatic heterocycles. The Morgan fingerprint density at radius 3 is 2.65 bits per heavy atom. The molecule has 1 aromatic carbocycles. The predicted molar refractivity (Wildman–Crippen MR) is 74.4 cm³/mol. The van der Waals surface area contributed by atoms with Gasteiger partial charge in [0.2, 0.25) is 0 Å². The molecule has 1 aliphatic heterocycles. The number of amides is 3. The van der Waals surface area contributed by atoms with Crippen LogP contribution in [0.2, 0.25) is 0 Å². The quantitative estimate of drug-likeness (QED) is 0.841. The molecule has 3 rings (SSSR count). The maximum absolute atomic E-state index is 13.9. The van der Waals surface area contributed by atoms with E-state index in [1.54, 1.807) is 12.1 Å². The van der Waals surface area contributed by atoms with Crippen LogP contribution in [-0.4, -0.2) is 22.4 Å². The van der Waals surface area contributed by atoms with Gasteiger partial charge in [-0.15, -0.1) is 0 Å². The fourth-order valence-electron chi connectivity index (χ4n) is 3.10. The predicted octanol–water partition coefficient (Wildman–Crippen LogP) is 2.95. The third-order valence-electron chi connectivity index (χ3n) is 4.18. The fourth-order valence-corrected chi connectivity index (χ4v) is 3.43. The van der Waals surface area contributed by atoms with Crippen LogP contribution in [0.15, 0.2) is 22.7 Å². The van der Waals surface area contributed by atoms with Crippen LogP contribution >= 0.6 is 15.9 Å². The summed E-state index contributed by atoms with van der Waals surface area (Å²) < 4.78 is 14.6. The third kappa shape index (κ3) is 2.02. The number of benzene rings is 1. The second-order valence-electron chi connectivity index (χ2n) is 5.32. The van der Waals surface area contributed by atoms with Crippen molar-refractivity contribution >= 4 is 27.9 Å². The van der Waals surface area contributed by atoms with Crippen LogP contribution in [0, 0.1) is 5.82 Å². The van der Waals surface area contributed by atoms with Gasteiger partial charge in [0.05, 0.1) is 6.54 Å². The lowest BCUT2D eigenvalue weighted by atomic mass is 9.95. The van der Waals surface area contributed by atoms with Crippen LogP contribution in [0.3, 0.4) is 0 Å². The zero-order valence-electron chi connectivity index (χ0n) is 10.8. The van der Waals surface area contributed by atoms with Crippen LogP contribution < -0.4 is 5.32 Å². The van der Waals surface area contributed by atoms with Gasteiger partial charge in [-0.05, 0) is 25.0 Å². The number of carbonyl (C=O) groups excluding carboxylic acids is 2. The fraction of sp³-hybridized carbons (Fsp3) is 0.429. The summed E-state index contributed by atoms with van der Waals surface area (Å²) >= 11 is 3.20. The van der Waals surface area contributed by atoms with E-state index < -0.39 is 11.6 Å². The SMILES string of the molecule is O=C1NC(=O)C2(CCCC2)N1Cc1ccc(Br)cc1F. The highest BCUT2D eigenvalue weighted by Crippen LogP contribution is 2.39. The lowest BCUT2D eigenvalue weighted by Gasteiger charge is -2.31. The van der Waals surface area contributed by atoms with Crippen LogP contribution in [0.4, 0.5) is 9.18 Å². The topological polar surface area (TPSA) is 49.4 Å². The number of carbonyl (C=O) groups is 2. The minimum Gasteiger partial charge on any atom is -0.305 e. The maximum atomic E-state index is 13.9. The molecule has 1 heterocycles. The summed E-state index contributed by atoms with van der Waals surface area (Å²) in [7, 11) is 0. The third-order valence-corrected chi connectivity index (χ3v) is 4.67. The van der Waals surface area contributed by atoms with E-state index in [4.69, 9.17) is 0 Å². The molecule has 0 unspecified atom stereocenters. The van der Waals surface area contributed by atoms with Crippen molar-refractivity contribution in [3.8, 4) is 0 Å². The van der Waals surface area contributed by atoms with Gasteiger partial charge in [0, 0.05) is 10.0 Å². The lowest BCUT2D eigenvalue weighted by molar-refractivity contribution is -0.126. The number of hydrogen-bond donors (Lipinski definition) is 1. The van der Waals surface area contributed by atoms with Crippen molar-refractivity contribution < 1.29 is 14.0 Å². The first-order valence-electron chi connectivity index (χ1n) is 6.60. The van der Waals surface area contributed by atoms with Gasteiger partial charge in [-0.3, -0.25) is 10.1 Å². The highest BCUT2D eigenvalue weighted by Gasteiger charge is 2.53. The molecule has 3 amide bonds. The zero-order valence-corrected chi connectivity index (χ0v) is 12.4. The largest absolute Gasteiger partial charge is 0.325 e. The van der Waals surface area contributed by atoms with Crippen molar-refractivity contribution in [1.82, 2.24) is 10.2 Å². The standard InChI is InChI=1S/C14H14BrFN2O2/c15-10-4-3-9(11(16)7-10)8-18-13(20)17-12(19)14(18)5-1-2-6-14/h3-4,7H,1-2,5-6,8H2,(H,17,19,20). The first kappa shape index (κ1) is 13.5. The minimum atomic E-state index is -0.767. The molecule has 2 fully saturated rings. The summed E-state index contributed by atoms with van der Waals surface area (Å²) in [6.45, 7) is 0.122. The Balaban J connectivity index is 1.92. The summed E-state index contributed by atoms with van der Waals surface area (Å²) in [4.78, 5) is 25.6. The van der Waals surface area contributed by atoms with Gasteiger partial charge in [-0.2, -0.15) is 0 Å². The highest BCUT2D eigenvalue weighted by atomic mass is 79.9. The Hall–Kier alpha value is -1.43. The second-order valence-corrected chi connectivity index (χ2v) is 6.24. The molecule has 6 heteroatoms. The molecule has 1 spiro atoms. The number of rotatable bonds is 2. The van der Waals surface area contributed by atoms with Crippen molar-refractivity contribution in [2.24, 2.45) is 0 Å². The molecular weight excluding hydrogens is 327 g/mol. The van der Waals surface area contributed by atoms with E-state index >= 15 is 0 Å². The van der Waals surface area contributed by atoms with E-state index in [0.29, 0.717) is 22.9 Å². The van der Waals surface area contributed by atoms with Gasteiger partial charge in [-0.1, -0.05) is 34.8 Å². The molecule has 20 heavy (non-hydrogen) atoms. The number of nitrogens with zero attached hydrogens (tertiary/aromatic N) is 1. The normalized spacial score (nSPS) is 20.8. The summed E-state index contributed by atoms with van der Waals surface area (Å²) in [6.07, 6.45) is 3.14. The lowest BCUT2D eigenvalue weighted by Crippen LogP contribution is -2.46. The molecule has 1 saturated heterocycles. The van der Waals surface area contributed by atoms with E-state index in [-0.39, 0.29) is 18.3 Å². The average Bonchev–Trinajstić information content (AvgIpc) is 2.95. The van der Waals surface area contributed by atoms with Gasteiger partial charge in [0.25, 0.3) is 5.91 Å². The summed E-state index contributed by atoms with van der Waals surface area (Å²) in [6, 6.07) is 4.32. The number of halogens is 2. The van der Waals surface area contributed by atoms with Gasteiger partial charge in [0.1, 0.15) is 11.4 Å². The molecule has 1 saturated carbocycles. The molecule has 1 N–H and O–H groups in total. The number of hydrogen-bond acceptors (Lipinski definition) is 2. The van der Waals surface area contributed by atoms with Crippen LogP contribution in [-0.2, 0) is 11.3 Å². The molecule has 0 bridgehead atoms. The molecule has 0 radical (unpaired) electrons. The number of nitrogens with one attached hydrogen (secondary N) is 1. The Bertz CT molecular complexity index is 585. The van der Waals surface area contributed by atoms with E-state index in [1.165, 1.54) is 11.0 Å². The van der Waals surface area contributed by atoms with Gasteiger partial charge in [0.15, 0.2) is 0 Å². The van der Waals surface area contributed by atoms with Crippen molar-refractivity contribution in [3.63, 3.8) is 0 Å².